The molecular weight excluding hydrogens is 509 g/mol. The summed E-state index contributed by atoms with van der Waals surface area (Å²) in [5, 5.41) is 3.99. The Morgan fingerprint density at radius 2 is 1.71 bits per heavy atom. The lowest BCUT2D eigenvalue weighted by atomic mass is 10.1. The van der Waals surface area contributed by atoms with E-state index in [1.54, 1.807) is 42.5 Å². The average molecular weight is 541 g/mol. The lowest BCUT2D eigenvalue weighted by Crippen LogP contribution is -2.53. The van der Waals surface area contributed by atoms with E-state index < -0.39 is 28.5 Å². The molecule has 0 aromatic heterocycles. The van der Waals surface area contributed by atoms with Gasteiger partial charge in [0.15, 0.2) is 0 Å². The fraction of sp³-hybridized carbons (Fsp3) is 0.440. The van der Waals surface area contributed by atoms with Crippen LogP contribution < -0.4 is 9.62 Å². The zero-order chi connectivity index (χ0) is 25.6. The van der Waals surface area contributed by atoms with Gasteiger partial charge in [0, 0.05) is 22.6 Å². The van der Waals surface area contributed by atoms with E-state index >= 15 is 0 Å². The summed E-state index contributed by atoms with van der Waals surface area (Å²) in [6.07, 6.45) is 5.40. The number of halogens is 2. The van der Waals surface area contributed by atoms with Gasteiger partial charge in [-0.2, -0.15) is 0 Å². The highest BCUT2D eigenvalue weighted by atomic mass is 35.5. The molecule has 0 unspecified atom stereocenters. The van der Waals surface area contributed by atoms with E-state index in [1.807, 2.05) is 6.92 Å². The highest BCUT2D eigenvalue weighted by Gasteiger charge is 2.33. The lowest BCUT2D eigenvalue weighted by molar-refractivity contribution is -0.140. The number of nitrogens with zero attached hydrogens (tertiary/aromatic N) is 2. The Hall–Kier alpha value is -2.29. The topological polar surface area (TPSA) is 86.8 Å². The zero-order valence-corrected chi connectivity index (χ0v) is 22.2. The van der Waals surface area contributed by atoms with Gasteiger partial charge >= 0.3 is 0 Å². The molecule has 1 atom stereocenters. The van der Waals surface area contributed by atoms with Gasteiger partial charge in [0.1, 0.15) is 12.6 Å². The van der Waals surface area contributed by atoms with Crippen molar-refractivity contribution < 1.29 is 18.0 Å². The number of hydrogen-bond acceptors (Lipinski definition) is 4. The molecule has 0 bridgehead atoms. The predicted molar refractivity (Wildman–Crippen MR) is 140 cm³/mol. The molecule has 0 aliphatic heterocycles. The largest absolute Gasteiger partial charge is 0.352 e. The minimum Gasteiger partial charge on any atom is -0.352 e. The van der Waals surface area contributed by atoms with E-state index in [0.29, 0.717) is 16.5 Å². The van der Waals surface area contributed by atoms with E-state index in [0.717, 1.165) is 41.8 Å². The van der Waals surface area contributed by atoms with Gasteiger partial charge in [0.2, 0.25) is 21.8 Å². The Morgan fingerprint density at radius 1 is 1.06 bits per heavy atom. The molecule has 0 spiro atoms. The Bertz CT molecular complexity index is 1140. The minimum absolute atomic E-state index is 0.100. The van der Waals surface area contributed by atoms with Gasteiger partial charge in [-0.3, -0.25) is 13.9 Å². The molecule has 2 aromatic rings. The molecule has 0 heterocycles. The summed E-state index contributed by atoms with van der Waals surface area (Å²) in [5.41, 5.74) is 1.06. The normalized spacial score (nSPS) is 15.0. The smallest absolute Gasteiger partial charge is 0.244 e. The minimum atomic E-state index is -3.80. The SMILES string of the molecule is CC[C@@H](C(=O)NC1CCCC1)N(Cc1ccc(Cl)cc1)C(=O)CN(c1cccc(Cl)c1)S(C)(=O)=O. The highest BCUT2D eigenvalue weighted by Crippen LogP contribution is 2.24. The maximum absolute atomic E-state index is 13.7. The summed E-state index contributed by atoms with van der Waals surface area (Å²) in [6.45, 7) is 1.52. The zero-order valence-electron chi connectivity index (χ0n) is 19.9. The third-order valence-corrected chi connectivity index (χ3v) is 7.76. The summed E-state index contributed by atoms with van der Waals surface area (Å²) in [7, 11) is -3.80. The summed E-state index contributed by atoms with van der Waals surface area (Å²) in [5.74, 6) is -0.714. The van der Waals surface area contributed by atoms with Crippen LogP contribution in [0.25, 0.3) is 0 Å². The van der Waals surface area contributed by atoms with Crippen LogP contribution in [0.4, 0.5) is 5.69 Å². The molecule has 190 valence electrons. The first-order valence-corrected chi connectivity index (χ1v) is 14.3. The number of hydrogen-bond donors (Lipinski definition) is 1. The number of benzene rings is 2. The van der Waals surface area contributed by atoms with E-state index in [-0.39, 0.29) is 24.2 Å². The van der Waals surface area contributed by atoms with E-state index in [4.69, 9.17) is 23.2 Å². The number of anilines is 1. The number of nitrogens with one attached hydrogen (secondary N) is 1. The van der Waals surface area contributed by atoms with E-state index in [1.165, 1.54) is 11.0 Å². The van der Waals surface area contributed by atoms with Crippen LogP contribution in [0.5, 0.6) is 0 Å². The standard InChI is InChI=1S/C25H31Cl2N3O4S/c1-3-23(25(32)28-21-8-4-5-9-21)29(16-18-11-13-19(26)14-12-18)24(31)17-30(35(2,33)34)22-10-6-7-20(27)15-22/h6-7,10-15,21,23H,3-5,8-9,16-17H2,1-2H3,(H,28,32)/t23-/m0/s1. The second kappa shape index (κ2) is 12.1. The number of carbonyl (C=O) groups is 2. The molecule has 3 rings (SSSR count). The molecule has 35 heavy (non-hydrogen) atoms. The van der Waals surface area contributed by atoms with E-state index in [9.17, 15) is 18.0 Å². The number of sulfonamides is 1. The van der Waals surface area contributed by atoms with Crippen LogP contribution in [0.2, 0.25) is 10.0 Å². The van der Waals surface area contributed by atoms with Gasteiger partial charge in [-0.25, -0.2) is 8.42 Å². The fourth-order valence-electron chi connectivity index (χ4n) is 4.32. The molecule has 7 nitrogen and oxygen atoms in total. The van der Waals surface area contributed by atoms with Crippen molar-refractivity contribution in [3.05, 3.63) is 64.1 Å². The van der Waals surface area contributed by atoms with E-state index in [2.05, 4.69) is 5.32 Å². The third kappa shape index (κ3) is 7.59. The first-order chi connectivity index (χ1) is 16.6. The van der Waals surface area contributed by atoms with Gasteiger partial charge in [0.25, 0.3) is 0 Å². The molecule has 10 heteroatoms. The van der Waals surface area contributed by atoms with Crippen molar-refractivity contribution in [1.29, 1.82) is 0 Å². The van der Waals surface area contributed by atoms with Crippen LogP contribution in [-0.2, 0) is 26.2 Å². The molecule has 1 fully saturated rings. The Kier molecular flexibility index (Phi) is 9.44. The van der Waals surface area contributed by atoms with Crippen molar-refractivity contribution >= 4 is 50.7 Å². The first kappa shape index (κ1) is 27.3. The number of carbonyl (C=O) groups excluding carboxylic acids is 2. The van der Waals surface area contributed by atoms with Gasteiger partial charge < -0.3 is 10.2 Å². The number of rotatable bonds is 10. The van der Waals surface area contributed by atoms with Crippen molar-refractivity contribution in [3.8, 4) is 0 Å². The van der Waals surface area contributed by atoms with Crippen molar-refractivity contribution in [2.45, 2.75) is 57.7 Å². The third-order valence-electron chi connectivity index (χ3n) is 6.13. The second-order valence-corrected chi connectivity index (χ2v) is 11.6. The van der Waals surface area contributed by atoms with Crippen LogP contribution in [0, 0.1) is 0 Å². The molecule has 2 amide bonds. The average Bonchev–Trinajstić information content (AvgIpc) is 3.30. The Morgan fingerprint density at radius 3 is 2.29 bits per heavy atom. The maximum atomic E-state index is 13.7. The van der Waals surface area contributed by atoms with Crippen molar-refractivity contribution in [2.75, 3.05) is 17.1 Å². The first-order valence-electron chi connectivity index (χ1n) is 11.7. The predicted octanol–water partition coefficient (Wildman–Crippen LogP) is 4.63. The Balaban J connectivity index is 1.91. The summed E-state index contributed by atoms with van der Waals surface area (Å²) < 4.78 is 26.2. The summed E-state index contributed by atoms with van der Waals surface area (Å²) in [4.78, 5) is 28.3. The fourth-order valence-corrected chi connectivity index (χ4v) is 5.47. The molecule has 2 aromatic carbocycles. The highest BCUT2D eigenvalue weighted by molar-refractivity contribution is 7.92. The Labute approximate surface area is 217 Å². The molecular formula is C25H31Cl2N3O4S. The van der Waals surface area contributed by atoms with Gasteiger partial charge in [-0.1, -0.05) is 61.2 Å². The van der Waals surface area contributed by atoms with Crippen LogP contribution in [0.15, 0.2) is 48.5 Å². The van der Waals surface area contributed by atoms with Crippen LogP contribution in [-0.4, -0.2) is 50.0 Å². The molecule has 0 radical (unpaired) electrons. The molecule has 1 aliphatic carbocycles. The van der Waals surface area contributed by atoms with Gasteiger partial charge in [0.05, 0.1) is 11.9 Å². The van der Waals surface area contributed by atoms with Crippen LogP contribution >= 0.6 is 23.2 Å². The molecule has 1 aliphatic rings. The van der Waals surface area contributed by atoms with Crippen molar-refractivity contribution in [1.82, 2.24) is 10.2 Å². The molecule has 1 saturated carbocycles. The van der Waals surface area contributed by atoms with Gasteiger partial charge in [-0.05, 0) is 55.2 Å². The van der Waals surface area contributed by atoms with Gasteiger partial charge in [-0.15, -0.1) is 0 Å². The molecule has 1 N–H and O–H groups in total. The lowest BCUT2D eigenvalue weighted by Gasteiger charge is -2.33. The van der Waals surface area contributed by atoms with Crippen molar-refractivity contribution in [2.24, 2.45) is 0 Å². The quantitative estimate of drug-likeness (QED) is 0.476. The second-order valence-electron chi connectivity index (χ2n) is 8.81. The summed E-state index contributed by atoms with van der Waals surface area (Å²) >= 11 is 12.1. The van der Waals surface area contributed by atoms with Crippen LogP contribution in [0.3, 0.4) is 0 Å². The number of amides is 2. The maximum Gasteiger partial charge on any atom is 0.244 e. The van der Waals surface area contributed by atoms with Crippen LogP contribution in [0.1, 0.15) is 44.6 Å². The summed E-state index contributed by atoms with van der Waals surface area (Å²) in [6, 6.07) is 12.7. The molecule has 0 saturated heterocycles. The van der Waals surface area contributed by atoms with Crippen molar-refractivity contribution in [3.63, 3.8) is 0 Å². The monoisotopic (exact) mass is 539 g/mol.